The van der Waals surface area contributed by atoms with Crippen molar-refractivity contribution < 1.29 is 5.11 Å². The van der Waals surface area contributed by atoms with Gasteiger partial charge in [-0.3, -0.25) is 0 Å². The van der Waals surface area contributed by atoms with Crippen molar-refractivity contribution in [2.75, 3.05) is 0 Å². The highest BCUT2D eigenvalue weighted by atomic mass is 16.3. The number of rotatable bonds is 5. The van der Waals surface area contributed by atoms with Gasteiger partial charge in [0.25, 0.3) is 0 Å². The second-order valence-corrected chi connectivity index (χ2v) is 12.8. The Balaban J connectivity index is 1.47. The number of hydrogen-bond acceptors (Lipinski definition) is 1. The number of aliphatic hydroxyl groups is 1. The maximum atomic E-state index is 10.1. The standard InChI is InChI=1S/C28H48O/c1-18(2)19(3)7-8-20(4)24-11-12-25-23-10-9-21-17-22(29)13-15-27(21,5)26(23)14-16-28(24,25)6/h13,18-21,23-26,29H,7-12,14-17H2,1-6H3. The van der Waals surface area contributed by atoms with E-state index in [4.69, 9.17) is 0 Å². The Kier molecular flexibility index (Phi) is 5.93. The van der Waals surface area contributed by atoms with E-state index >= 15 is 0 Å². The first-order valence-electron chi connectivity index (χ1n) is 13.0. The third-order valence-corrected chi connectivity index (χ3v) is 11.3. The molecule has 9 atom stereocenters. The van der Waals surface area contributed by atoms with E-state index in [2.05, 4.69) is 47.6 Å². The van der Waals surface area contributed by atoms with Crippen molar-refractivity contribution >= 4 is 0 Å². The Labute approximate surface area is 181 Å². The molecule has 0 aromatic heterocycles. The first kappa shape index (κ1) is 21.8. The molecule has 0 amide bonds. The molecule has 29 heavy (non-hydrogen) atoms. The van der Waals surface area contributed by atoms with Crippen molar-refractivity contribution in [1.82, 2.24) is 0 Å². The monoisotopic (exact) mass is 400 g/mol. The Hall–Kier alpha value is -0.460. The van der Waals surface area contributed by atoms with Crippen LogP contribution in [0.5, 0.6) is 0 Å². The molecule has 3 saturated carbocycles. The summed E-state index contributed by atoms with van der Waals surface area (Å²) in [7, 11) is 0. The number of hydrogen-bond donors (Lipinski definition) is 1. The van der Waals surface area contributed by atoms with Gasteiger partial charge in [0.15, 0.2) is 0 Å². The summed E-state index contributed by atoms with van der Waals surface area (Å²) in [4.78, 5) is 0. The van der Waals surface area contributed by atoms with Crippen molar-refractivity contribution in [2.24, 2.45) is 58.2 Å². The Bertz CT molecular complexity index is 620. The zero-order chi connectivity index (χ0) is 21.0. The molecule has 1 nitrogen and oxygen atoms in total. The van der Waals surface area contributed by atoms with Crippen LogP contribution in [-0.4, -0.2) is 5.11 Å². The van der Waals surface area contributed by atoms with Crippen LogP contribution in [0.1, 0.15) is 106 Å². The summed E-state index contributed by atoms with van der Waals surface area (Å²) in [6, 6.07) is 0. The Morgan fingerprint density at radius 1 is 0.931 bits per heavy atom. The van der Waals surface area contributed by atoms with Crippen LogP contribution in [0.2, 0.25) is 0 Å². The quantitative estimate of drug-likeness (QED) is 0.491. The first-order chi connectivity index (χ1) is 13.7. The van der Waals surface area contributed by atoms with Gasteiger partial charge >= 0.3 is 0 Å². The fourth-order valence-corrected chi connectivity index (χ4v) is 8.90. The van der Waals surface area contributed by atoms with E-state index in [-0.39, 0.29) is 0 Å². The van der Waals surface area contributed by atoms with Gasteiger partial charge in [-0.2, -0.15) is 0 Å². The van der Waals surface area contributed by atoms with E-state index in [9.17, 15) is 5.11 Å². The second kappa shape index (κ2) is 7.90. The highest BCUT2D eigenvalue weighted by Gasteiger charge is 2.60. The van der Waals surface area contributed by atoms with E-state index in [0.29, 0.717) is 16.6 Å². The molecule has 1 heteroatoms. The molecule has 0 saturated heterocycles. The molecule has 0 aromatic rings. The molecular formula is C28H48O. The zero-order valence-corrected chi connectivity index (χ0v) is 20.2. The van der Waals surface area contributed by atoms with Crippen molar-refractivity contribution in [1.29, 1.82) is 0 Å². The number of aliphatic hydroxyl groups excluding tert-OH is 1. The molecule has 4 aliphatic carbocycles. The summed E-state index contributed by atoms with van der Waals surface area (Å²) in [5, 5.41) is 10.1. The van der Waals surface area contributed by atoms with Gasteiger partial charge in [0.05, 0.1) is 5.76 Å². The van der Waals surface area contributed by atoms with Crippen LogP contribution in [0.15, 0.2) is 11.8 Å². The molecule has 4 rings (SSSR count). The van der Waals surface area contributed by atoms with E-state index in [0.717, 1.165) is 60.2 Å². The van der Waals surface area contributed by atoms with Crippen LogP contribution < -0.4 is 0 Å². The molecule has 9 unspecified atom stereocenters. The van der Waals surface area contributed by atoms with E-state index in [1.807, 2.05) is 0 Å². The molecule has 0 radical (unpaired) electrons. The third-order valence-electron chi connectivity index (χ3n) is 11.3. The van der Waals surface area contributed by atoms with Crippen LogP contribution in [0.25, 0.3) is 0 Å². The van der Waals surface area contributed by atoms with Crippen LogP contribution >= 0.6 is 0 Å². The maximum absolute atomic E-state index is 10.1. The average Bonchev–Trinajstić information content (AvgIpc) is 3.03. The molecular weight excluding hydrogens is 352 g/mol. The lowest BCUT2D eigenvalue weighted by molar-refractivity contribution is -0.104. The van der Waals surface area contributed by atoms with Gasteiger partial charge in [-0.25, -0.2) is 0 Å². The van der Waals surface area contributed by atoms with Gasteiger partial charge in [-0.05, 0) is 109 Å². The number of fused-ring (bicyclic) bond motifs is 5. The van der Waals surface area contributed by atoms with Crippen LogP contribution in [0.3, 0.4) is 0 Å². The van der Waals surface area contributed by atoms with Gasteiger partial charge in [0, 0.05) is 6.42 Å². The second-order valence-electron chi connectivity index (χ2n) is 12.8. The molecule has 3 fully saturated rings. The van der Waals surface area contributed by atoms with Crippen molar-refractivity contribution in [3.05, 3.63) is 11.8 Å². The molecule has 0 aliphatic heterocycles. The molecule has 0 spiro atoms. The van der Waals surface area contributed by atoms with Gasteiger partial charge < -0.3 is 5.11 Å². The lowest BCUT2D eigenvalue weighted by Crippen LogP contribution is -2.52. The summed E-state index contributed by atoms with van der Waals surface area (Å²) >= 11 is 0. The van der Waals surface area contributed by atoms with Crippen molar-refractivity contribution in [2.45, 2.75) is 106 Å². The lowest BCUT2D eigenvalue weighted by atomic mass is 9.45. The van der Waals surface area contributed by atoms with Gasteiger partial charge in [0.1, 0.15) is 0 Å². The molecule has 166 valence electrons. The average molecular weight is 401 g/mol. The Morgan fingerprint density at radius 3 is 2.38 bits per heavy atom. The first-order valence-corrected chi connectivity index (χ1v) is 13.0. The topological polar surface area (TPSA) is 20.2 Å². The molecule has 1 N–H and O–H groups in total. The summed E-state index contributed by atoms with van der Waals surface area (Å²) < 4.78 is 0. The smallest absolute Gasteiger partial charge is 0.0886 e. The van der Waals surface area contributed by atoms with Crippen LogP contribution in [0, 0.1) is 58.2 Å². The fourth-order valence-electron chi connectivity index (χ4n) is 8.90. The highest BCUT2D eigenvalue weighted by Crippen LogP contribution is 2.68. The van der Waals surface area contributed by atoms with Gasteiger partial charge in [0.2, 0.25) is 0 Å². The van der Waals surface area contributed by atoms with Crippen LogP contribution in [0.4, 0.5) is 0 Å². The fraction of sp³-hybridized carbons (Fsp3) is 0.929. The summed E-state index contributed by atoms with van der Waals surface area (Å²) in [6.07, 6.45) is 15.8. The van der Waals surface area contributed by atoms with Gasteiger partial charge in [-0.1, -0.05) is 54.4 Å². The van der Waals surface area contributed by atoms with Crippen molar-refractivity contribution in [3.8, 4) is 0 Å². The van der Waals surface area contributed by atoms with Crippen LogP contribution in [-0.2, 0) is 0 Å². The predicted octanol–water partition coefficient (Wildman–Crippen LogP) is 8.41. The Morgan fingerprint density at radius 2 is 1.66 bits per heavy atom. The summed E-state index contributed by atoms with van der Waals surface area (Å²) in [6.45, 7) is 15.1. The largest absolute Gasteiger partial charge is 0.513 e. The van der Waals surface area contributed by atoms with E-state index in [1.165, 1.54) is 51.4 Å². The van der Waals surface area contributed by atoms with E-state index in [1.54, 1.807) is 0 Å². The molecule has 4 aliphatic rings. The normalized spacial score (nSPS) is 46.4. The predicted molar refractivity (Wildman–Crippen MR) is 124 cm³/mol. The van der Waals surface area contributed by atoms with E-state index < -0.39 is 0 Å². The van der Waals surface area contributed by atoms with Gasteiger partial charge in [-0.15, -0.1) is 0 Å². The molecule has 0 heterocycles. The van der Waals surface area contributed by atoms with Crippen molar-refractivity contribution in [3.63, 3.8) is 0 Å². The SMILES string of the molecule is CC(C)C(C)CCC(C)C1CCC2C3CCC4CC(O)=CCC4(C)C3CCC12C. The maximum Gasteiger partial charge on any atom is 0.0886 e. The minimum absolute atomic E-state index is 0.451. The molecule has 0 aromatic carbocycles. The summed E-state index contributed by atoms with van der Waals surface area (Å²) in [5.41, 5.74) is 1.05. The molecule has 0 bridgehead atoms. The highest BCUT2D eigenvalue weighted by molar-refractivity contribution is 5.14. The third kappa shape index (κ3) is 3.61. The number of allylic oxidation sites excluding steroid dienone is 2. The lowest BCUT2D eigenvalue weighted by Gasteiger charge is -2.60. The minimum Gasteiger partial charge on any atom is -0.513 e. The minimum atomic E-state index is 0.451. The zero-order valence-electron chi connectivity index (χ0n) is 20.2. The summed E-state index contributed by atoms with van der Waals surface area (Å²) in [5.74, 6) is 7.76.